The number of phenols is 2. The number of methoxy groups -OCH3 is 1. The van der Waals surface area contributed by atoms with Gasteiger partial charge in [0.15, 0.2) is 11.5 Å². The third-order valence-corrected chi connectivity index (χ3v) is 2.06. The van der Waals surface area contributed by atoms with Crippen LogP contribution in [0, 0.1) is 0 Å². The van der Waals surface area contributed by atoms with E-state index < -0.39 is 6.10 Å². The van der Waals surface area contributed by atoms with Crippen molar-refractivity contribution in [3.8, 4) is 17.2 Å². The molecule has 0 bridgehead atoms. The van der Waals surface area contributed by atoms with E-state index in [1.807, 2.05) is 0 Å². The number of hydrogen-bond acceptors (Lipinski definition) is 5. The van der Waals surface area contributed by atoms with Gasteiger partial charge in [0.25, 0.3) is 0 Å². The molecule has 0 saturated carbocycles. The maximum atomic E-state index is 9.61. The molecule has 15 heavy (non-hydrogen) atoms. The van der Waals surface area contributed by atoms with Gasteiger partial charge in [-0.05, 0) is 24.7 Å². The predicted octanol–water partition coefficient (Wildman–Crippen LogP) is 0.359. The van der Waals surface area contributed by atoms with Gasteiger partial charge in [-0.25, -0.2) is 0 Å². The van der Waals surface area contributed by atoms with Crippen LogP contribution >= 0.6 is 0 Å². The summed E-state index contributed by atoms with van der Waals surface area (Å²) >= 11 is 0. The number of hydrogen-bond donors (Lipinski definition) is 4. The first kappa shape index (κ1) is 11.6. The number of likely N-dealkylation sites (N-methyl/N-ethyl adjacent to an activating group) is 1. The highest BCUT2D eigenvalue weighted by Crippen LogP contribution is 2.37. The molecule has 0 radical (unpaired) electrons. The van der Waals surface area contributed by atoms with E-state index in [0.717, 1.165) is 0 Å². The molecule has 5 heteroatoms. The lowest BCUT2D eigenvalue weighted by Gasteiger charge is -2.13. The fraction of sp³-hybridized carbons (Fsp3) is 0.400. The van der Waals surface area contributed by atoms with Gasteiger partial charge in [-0.1, -0.05) is 0 Å². The number of benzene rings is 1. The van der Waals surface area contributed by atoms with E-state index in [1.54, 1.807) is 7.05 Å². The van der Waals surface area contributed by atoms with Crippen molar-refractivity contribution in [2.24, 2.45) is 0 Å². The molecule has 0 aliphatic rings. The van der Waals surface area contributed by atoms with Gasteiger partial charge in [-0.2, -0.15) is 0 Å². The minimum absolute atomic E-state index is 0.00964. The monoisotopic (exact) mass is 213 g/mol. The van der Waals surface area contributed by atoms with E-state index in [4.69, 9.17) is 4.74 Å². The second kappa shape index (κ2) is 4.86. The number of nitrogens with one attached hydrogen (secondary N) is 1. The van der Waals surface area contributed by atoms with Crippen LogP contribution in [0.3, 0.4) is 0 Å². The van der Waals surface area contributed by atoms with E-state index in [0.29, 0.717) is 12.1 Å². The standard InChI is InChI=1S/C10H15NO4/c1-11-5-9(14)6-3-7(12)10(15-2)8(13)4-6/h3-4,9,11-14H,5H2,1-2H3. The summed E-state index contributed by atoms with van der Waals surface area (Å²) in [4.78, 5) is 0. The van der Waals surface area contributed by atoms with Gasteiger partial charge in [0.05, 0.1) is 13.2 Å². The molecule has 0 aromatic heterocycles. The lowest BCUT2D eigenvalue weighted by Crippen LogP contribution is -2.16. The molecule has 4 N–H and O–H groups in total. The van der Waals surface area contributed by atoms with Gasteiger partial charge in [0.1, 0.15) is 0 Å². The quantitative estimate of drug-likeness (QED) is 0.580. The lowest BCUT2D eigenvalue weighted by atomic mass is 10.1. The number of aromatic hydroxyl groups is 2. The van der Waals surface area contributed by atoms with Crippen LogP contribution in [0.25, 0.3) is 0 Å². The van der Waals surface area contributed by atoms with Crippen LogP contribution in [0.15, 0.2) is 12.1 Å². The Kier molecular flexibility index (Phi) is 3.76. The predicted molar refractivity (Wildman–Crippen MR) is 55.2 cm³/mol. The summed E-state index contributed by atoms with van der Waals surface area (Å²) in [5.41, 5.74) is 0.431. The summed E-state index contributed by atoms with van der Waals surface area (Å²) in [5.74, 6) is -0.374. The maximum Gasteiger partial charge on any atom is 0.202 e. The molecule has 1 aromatic carbocycles. The Morgan fingerprint density at radius 3 is 2.27 bits per heavy atom. The summed E-state index contributed by atoms with van der Waals surface area (Å²) in [6.45, 7) is 0.339. The van der Waals surface area contributed by atoms with Gasteiger partial charge in [0, 0.05) is 6.54 Å². The Bertz CT molecular complexity index is 317. The third-order valence-electron chi connectivity index (χ3n) is 2.06. The highest BCUT2D eigenvalue weighted by Gasteiger charge is 2.14. The number of rotatable bonds is 4. The first-order valence-corrected chi connectivity index (χ1v) is 4.52. The topological polar surface area (TPSA) is 82.0 Å². The molecule has 0 amide bonds. The summed E-state index contributed by atoms with van der Waals surface area (Å²) in [5, 5.41) is 31.3. The second-order valence-corrected chi connectivity index (χ2v) is 3.17. The van der Waals surface area contributed by atoms with E-state index in [9.17, 15) is 15.3 Å². The number of aliphatic hydroxyl groups excluding tert-OH is 1. The molecule has 5 nitrogen and oxygen atoms in total. The molecule has 1 aromatic rings. The number of ether oxygens (including phenoxy) is 1. The second-order valence-electron chi connectivity index (χ2n) is 3.17. The van der Waals surface area contributed by atoms with Crippen LogP contribution in [0.2, 0.25) is 0 Å². The van der Waals surface area contributed by atoms with Crippen molar-refractivity contribution in [3.63, 3.8) is 0 Å². The summed E-state index contributed by atoms with van der Waals surface area (Å²) in [7, 11) is 3.05. The van der Waals surface area contributed by atoms with E-state index in [1.165, 1.54) is 19.2 Å². The molecule has 0 aliphatic heterocycles. The van der Waals surface area contributed by atoms with Crippen molar-refractivity contribution >= 4 is 0 Å². The van der Waals surface area contributed by atoms with Gasteiger partial charge in [0.2, 0.25) is 5.75 Å². The molecule has 1 unspecified atom stereocenters. The zero-order chi connectivity index (χ0) is 11.4. The summed E-state index contributed by atoms with van der Waals surface area (Å²) in [6, 6.07) is 2.72. The van der Waals surface area contributed by atoms with Crippen LogP contribution < -0.4 is 10.1 Å². The zero-order valence-corrected chi connectivity index (χ0v) is 8.69. The van der Waals surface area contributed by atoms with Gasteiger partial charge >= 0.3 is 0 Å². The van der Waals surface area contributed by atoms with Gasteiger partial charge in [-0.15, -0.1) is 0 Å². The van der Waals surface area contributed by atoms with E-state index in [2.05, 4.69) is 5.32 Å². The van der Waals surface area contributed by atoms with Gasteiger partial charge < -0.3 is 25.4 Å². The highest BCUT2D eigenvalue weighted by molar-refractivity contribution is 5.52. The number of phenolic OH excluding ortho intramolecular Hbond substituents is 2. The van der Waals surface area contributed by atoms with E-state index in [-0.39, 0.29) is 17.2 Å². The molecule has 1 rings (SSSR count). The fourth-order valence-electron chi connectivity index (χ4n) is 1.33. The fourth-order valence-corrected chi connectivity index (χ4v) is 1.33. The molecular weight excluding hydrogens is 198 g/mol. The van der Waals surface area contributed by atoms with Crippen LogP contribution in [-0.2, 0) is 0 Å². The van der Waals surface area contributed by atoms with Crippen molar-refractivity contribution < 1.29 is 20.1 Å². The molecular formula is C10H15NO4. The van der Waals surface area contributed by atoms with Crippen LogP contribution in [0.5, 0.6) is 17.2 Å². The first-order chi connectivity index (χ1) is 7.10. The Morgan fingerprint density at radius 1 is 1.33 bits per heavy atom. The average molecular weight is 213 g/mol. The Hall–Kier alpha value is -1.46. The maximum absolute atomic E-state index is 9.61. The Labute approximate surface area is 87.9 Å². The molecule has 0 spiro atoms. The molecule has 84 valence electrons. The largest absolute Gasteiger partial charge is 0.504 e. The Morgan fingerprint density at radius 2 is 1.87 bits per heavy atom. The molecule has 0 heterocycles. The summed E-state index contributed by atoms with van der Waals surface area (Å²) < 4.78 is 4.77. The van der Waals surface area contributed by atoms with Crippen molar-refractivity contribution in [3.05, 3.63) is 17.7 Å². The smallest absolute Gasteiger partial charge is 0.202 e. The molecule has 0 fully saturated rings. The van der Waals surface area contributed by atoms with Crippen molar-refractivity contribution in [1.29, 1.82) is 0 Å². The van der Waals surface area contributed by atoms with Gasteiger partial charge in [-0.3, -0.25) is 0 Å². The van der Waals surface area contributed by atoms with E-state index >= 15 is 0 Å². The van der Waals surface area contributed by atoms with Crippen molar-refractivity contribution in [2.45, 2.75) is 6.10 Å². The normalized spacial score (nSPS) is 12.5. The highest BCUT2D eigenvalue weighted by atomic mass is 16.5. The molecule has 0 saturated heterocycles. The van der Waals surface area contributed by atoms with Crippen LogP contribution in [0.1, 0.15) is 11.7 Å². The third kappa shape index (κ3) is 2.51. The van der Waals surface area contributed by atoms with Crippen molar-refractivity contribution in [2.75, 3.05) is 20.7 Å². The van der Waals surface area contributed by atoms with Crippen molar-refractivity contribution in [1.82, 2.24) is 5.32 Å². The average Bonchev–Trinajstić information content (AvgIpc) is 2.17. The minimum Gasteiger partial charge on any atom is -0.504 e. The van der Waals surface area contributed by atoms with Crippen LogP contribution in [-0.4, -0.2) is 36.0 Å². The van der Waals surface area contributed by atoms with Crippen LogP contribution in [0.4, 0.5) is 0 Å². The molecule has 1 atom stereocenters. The minimum atomic E-state index is -0.780. The first-order valence-electron chi connectivity index (χ1n) is 4.52. The molecule has 0 aliphatic carbocycles. The summed E-state index contributed by atoms with van der Waals surface area (Å²) in [6.07, 6.45) is -0.780. The number of aliphatic hydroxyl groups is 1. The Balaban J connectivity index is 3.02. The zero-order valence-electron chi connectivity index (χ0n) is 8.69. The lowest BCUT2D eigenvalue weighted by molar-refractivity contribution is 0.176. The SMILES string of the molecule is CNCC(O)c1cc(O)c(OC)c(O)c1.